The van der Waals surface area contributed by atoms with E-state index in [2.05, 4.69) is 23.4 Å². The number of hydrogen-bond acceptors (Lipinski definition) is 1. The van der Waals surface area contributed by atoms with E-state index in [1.165, 1.54) is 32.1 Å². The second-order valence-corrected chi connectivity index (χ2v) is 3.72. The maximum Gasteiger partial charge on any atom is 0.0385 e. The van der Waals surface area contributed by atoms with Gasteiger partial charge in [0.1, 0.15) is 0 Å². The SMILES string of the molecule is C1=CCC2(C=NCCC2)CC1. The van der Waals surface area contributed by atoms with E-state index >= 15 is 0 Å². The van der Waals surface area contributed by atoms with Crippen LogP contribution in [0, 0.1) is 5.41 Å². The summed E-state index contributed by atoms with van der Waals surface area (Å²) in [5, 5.41) is 0. The van der Waals surface area contributed by atoms with Gasteiger partial charge in [-0.3, -0.25) is 4.99 Å². The summed E-state index contributed by atoms with van der Waals surface area (Å²) < 4.78 is 0. The molecular weight excluding hydrogens is 134 g/mol. The molecule has 0 aromatic rings. The van der Waals surface area contributed by atoms with E-state index in [0.29, 0.717) is 5.41 Å². The maximum absolute atomic E-state index is 4.40. The summed E-state index contributed by atoms with van der Waals surface area (Å²) in [6.45, 7) is 1.06. The monoisotopic (exact) mass is 149 g/mol. The first-order chi connectivity index (χ1) is 5.41. The summed E-state index contributed by atoms with van der Waals surface area (Å²) in [4.78, 5) is 4.40. The molecule has 11 heavy (non-hydrogen) atoms. The third-order valence-corrected chi connectivity index (χ3v) is 2.83. The van der Waals surface area contributed by atoms with Gasteiger partial charge in [0.25, 0.3) is 0 Å². The van der Waals surface area contributed by atoms with Crippen LogP contribution in [0.4, 0.5) is 0 Å². The van der Waals surface area contributed by atoms with Crippen LogP contribution in [0.1, 0.15) is 32.1 Å². The molecular formula is C10H15N. The van der Waals surface area contributed by atoms with Gasteiger partial charge in [-0.05, 0) is 32.1 Å². The average Bonchev–Trinajstić information content (AvgIpc) is 2.07. The van der Waals surface area contributed by atoms with Crippen LogP contribution in [-0.2, 0) is 0 Å². The van der Waals surface area contributed by atoms with Gasteiger partial charge in [0.2, 0.25) is 0 Å². The summed E-state index contributed by atoms with van der Waals surface area (Å²) in [7, 11) is 0. The molecule has 1 aliphatic carbocycles. The first-order valence-electron chi connectivity index (χ1n) is 4.57. The topological polar surface area (TPSA) is 12.4 Å². The van der Waals surface area contributed by atoms with Gasteiger partial charge >= 0.3 is 0 Å². The number of nitrogens with zero attached hydrogens (tertiary/aromatic N) is 1. The van der Waals surface area contributed by atoms with E-state index in [1.807, 2.05) is 0 Å². The lowest BCUT2D eigenvalue weighted by Crippen LogP contribution is -2.26. The minimum Gasteiger partial charge on any atom is -0.297 e. The van der Waals surface area contributed by atoms with Gasteiger partial charge in [0.15, 0.2) is 0 Å². The molecule has 1 unspecified atom stereocenters. The zero-order valence-electron chi connectivity index (χ0n) is 6.92. The Morgan fingerprint density at radius 1 is 1.18 bits per heavy atom. The molecule has 1 heteroatoms. The standard InChI is InChI=1S/C10H15N/c1-2-5-10(6-3-1)7-4-8-11-9-10/h1-2,9H,3-8H2. The van der Waals surface area contributed by atoms with Gasteiger partial charge in [-0.2, -0.15) is 0 Å². The van der Waals surface area contributed by atoms with Crippen LogP contribution in [0.5, 0.6) is 0 Å². The fourth-order valence-corrected chi connectivity index (χ4v) is 2.10. The van der Waals surface area contributed by atoms with Gasteiger partial charge < -0.3 is 0 Å². The van der Waals surface area contributed by atoms with Crippen molar-refractivity contribution in [3.63, 3.8) is 0 Å². The molecule has 1 atom stereocenters. The van der Waals surface area contributed by atoms with Crippen molar-refractivity contribution in [2.45, 2.75) is 32.1 Å². The van der Waals surface area contributed by atoms with Crippen LogP contribution >= 0.6 is 0 Å². The molecule has 0 fully saturated rings. The lowest BCUT2D eigenvalue weighted by Gasteiger charge is -2.33. The molecule has 0 radical (unpaired) electrons. The molecule has 1 nitrogen and oxygen atoms in total. The van der Waals surface area contributed by atoms with Gasteiger partial charge in [0.05, 0.1) is 0 Å². The predicted molar refractivity (Wildman–Crippen MR) is 48.0 cm³/mol. The molecule has 0 saturated heterocycles. The maximum atomic E-state index is 4.40. The summed E-state index contributed by atoms with van der Waals surface area (Å²) in [5.74, 6) is 0. The third-order valence-electron chi connectivity index (χ3n) is 2.83. The fourth-order valence-electron chi connectivity index (χ4n) is 2.10. The second kappa shape index (κ2) is 2.80. The van der Waals surface area contributed by atoms with Crippen molar-refractivity contribution in [1.82, 2.24) is 0 Å². The number of hydrogen-bond donors (Lipinski definition) is 0. The molecule has 60 valence electrons. The molecule has 0 aromatic heterocycles. The van der Waals surface area contributed by atoms with E-state index in [-0.39, 0.29) is 0 Å². The van der Waals surface area contributed by atoms with E-state index in [4.69, 9.17) is 0 Å². The highest BCUT2D eigenvalue weighted by molar-refractivity contribution is 5.67. The van der Waals surface area contributed by atoms with Crippen LogP contribution < -0.4 is 0 Å². The van der Waals surface area contributed by atoms with Crippen LogP contribution in [0.3, 0.4) is 0 Å². The van der Waals surface area contributed by atoms with Gasteiger partial charge in [-0.15, -0.1) is 0 Å². The molecule has 1 spiro atoms. The summed E-state index contributed by atoms with van der Waals surface area (Å²) in [6.07, 6.45) is 13.3. The highest BCUT2D eigenvalue weighted by Gasteiger charge is 2.28. The Kier molecular flexibility index (Phi) is 1.80. The Labute approximate surface area is 68.2 Å². The largest absolute Gasteiger partial charge is 0.297 e. The minimum atomic E-state index is 0.479. The van der Waals surface area contributed by atoms with Crippen molar-refractivity contribution in [3.05, 3.63) is 12.2 Å². The molecule has 0 saturated carbocycles. The predicted octanol–water partition coefficient (Wildman–Crippen LogP) is 2.58. The van der Waals surface area contributed by atoms with Crippen LogP contribution in [0.2, 0.25) is 0 Å². The quantitative estimate of drug-likeness (QED) is 0.469. The molecule has 1 heterocycles. The highest BCUT2D eigenvalue weighted by atomic mass is 14.7. The van der Waals surface area contributed by atoms with Crippen LogP contribution in [0.15, 0.2) is 17.1 Å². The Hall–Kier alpha value is -0.590. The lowest BCUT2D eigenvalue weighted by atomic mass is 9.74. The van der Waals surface area contributed by atoms with Gasteiger partial charge in [0, 0.05) is 18.2 Å². The van der Waals surface area contributed by atoms with Crippen LogP contribution in [-0.4, -0.2) is 12.8 Å². The lowest BCUT2D eigenvalue weighted by molar-refractivity contribution is 0.339. The Balaban J connectivity index is 2.13. The van der Waals surface area contributed by atoms with Crippen LogP contribution in [0.25, 0.3) is 0 Å². The fraction of sp³-hybridized carbons (Fsp3) is 0.700. The van der Waals surface area contributed by atoms with Crippen molar-refractivity contribution in [3.8, 4) is 0 Å². The molecule has 2 aliphatic rings. The first-order valence-corrected chi connectivity index (χ1v) is 4.57. The zero-order chi connectivity index (χ0) is 7.57. The van der Waals surface area contributed by atoms with E-state index in [0.717, 1.165) is 6.54 Å². The van der Waals surface area contributed by atoms with Crippen molar-refractivity contribution < 1.29 is 0 Å². The minimum absolute atomic E-state index is 0.479. The van der Waals surface area contributed by atoms with E-state index in [9.17, 15) is 0 Å². The molecule has 0 bridgehead atoms. The van der Waals surface area contributed by atoms with Gasteiger partial charge in [-0.25, -0.2) is 0 Å². The molecule has 0 N–H and O–H groups in total. The van der Waals surface area contributed by atoms with Crippen molar-refractivity contribution in [1.29, 1.82) is 0 Å². The molecule has 0 amide bonds. The highest BCUT2D eigenvalue weighted by Crippen LogP contribution is 2.37. The number of rotatable bonds is 0. The average molecular weight is 149 g/mol. The number of aliphatic imine (C=N–C) groups is 1. The molecule has 2 rings (SSSR count). The van der Waals surface area contributed by atoms with E-state index < -0.39 is 0 Å². The number of allylic oxidation sites excluding steroid dienone is 2. The Morgan fingerprint density at radius 3 is 2.82 bits per heavy atom. The molecule has 1 aliphatic heterocycles. The second-order valence-electron chi connectivity index (χ2n) is 3.72. The Morgan fingerprint density at radius 2 is 2.18 bits per heavy atom. The summed E-state index contributed by atoms with van der Waals surface area (Å²) in [6, 6.07) is 0. The van der Waals surface area contributed by atoms with Crippen molar-refractivity contribution in [2.75, 3.05) is 6.54 Å². The summed E-state index contributed by atoms with van der Waals surface area (Å²) >= 11 is 0. The third kappa shape index (κ3) is 1.37. The first kappa shape index (κ1) is 7.08. The zero-order valence-corrected chi connectivity index (χ0v) is 6.92. The van der Waals surface area contributed by atoms with Crippen molar-refractivity contribution >= 4 is 6.21 Å². The normalized spacial score (nSPS) is 36.4. The smallest absolute Gasteiger partial charge is 0.0385 e. The summed E-state index contributed by atoms with van der Waals surface area (Å²) in [5.41, 5.74) is 0.479. The molecule has 0 aromatic carbocycles. The van der Waals surface area contributed by atoms with E-state index in [1.54, 1.807) is 0 Å². The Bertz CT molecular complexity index is 193. The van der Waals surface area contributed by atoms with Gasteiger partial charge in [-0.1, -0.05) is 12.2 Å². The van der Waals surface area contributed by atoms with Crippen molar-refractivity contribution in [2.24, 2.45) is 10.4 Å².